The minimum atomic E-state index is -0.0712. The van der Waals surface area contributed by atoms with Gasteiger partial charge in [0.25, 0.3) is 0 Å². The van der Waals surface area contributed by atoms with Crippen molar-refractivity contribution in [1.29, 1.82) is 0 Å². The number of hydrogen-bond donors (Lipinski definition) is 1. The average Bonchev–Trinajstić information content (AvgIpc) is 2.69. The van der Waals surface area contributed by atoms with E-state index in [0.717, 1.165) is 30.8 Å². The zero-order valence-corrected chi connectivity index (χ0v) is 16.9. The van der Waals surface area contributed by atoms with Crippen LogP contribution in [0.1, 0.15) is 25.3 Å². The molecule has 0 atom stereocenters. The van der Waals surface area contributed by atoms with Crippen LogP contribution in [0.2, 0.25) is 5.02 Å². The summed E-state index contributed by atoms with van der Waals surface area (Å²) in [4.78, 5) is 28.4. The van der Waals surface area contributed by atoms with Gasteiger partial charge in [-0.3, -0.25) is 9.59 Å². The normalized spacial score (nSPS) is 14.1. The van der Waals surface area contributed by atoms with Crippen molar-refractivity contribution in [3.05, 3.63) is 59.1 Å². The molecule has 2 aromatic rings. The Bertz CT molecular complexity index is 818. The molecular formula is C22H26ClN3O2. The standard InChI is InChI=1S/C22H26ClN3O2/c1-2-6-22(28)26-13-11-25(12-14-26)20-10-9-18(16-19(20)23)24-21(27)15-17-7-4-3-5-8-17/h3-5,7-10,16H,2,6,11-15H2,1H3,(H,24,27). The number of carbonyl (C=O) groups is 2. The number of nitrogens with one attached hydrogen (secondary N) is 1. The van der Waals surface area contributed by atoms with Crippen molar-refractivity contribution in [3.63, 3.8) is 0 Å². The Hall–Kier alpha value is -2.53. The maximum atomic E-state index is 12.2. The van der Waals surface area contributed by atoms with E-state index in [0.29, 0.717) is 36.6 Å². The first kappa shape index (κ1) is 20.2. The van der Waals surface area contributed by atoms with Crippen molar-refractivity contribution in [1.82, 2.24) is 4.90 Å². The topological polar surface area (TPSA) is 52.7 Å². The van der Waals surface area contributed by atoms with Crippen LogP contribution in [0.15, 0.2) is 48.5 Å². The Balaban J connectivity index is 1.57. The summed E-state index contributed by atoms with van der Waals surface area (Å²) in [5.41, 5.74) is 2.59. The Morgan fingerprint density at radius 2 is 1.75 bits per heavy atom. The van der Waals surface area contributed by atoms with Gasteiger partial charge in [-0.2, -0.15) is 0 Å². The highest BCUT2D eigenvalue weighted by Gasteiger charge is 2.22. The van der Waals surface area contributed by atoms with Crippen LogP contribution < -0.4 is 10.2 Å². The summed E-state index contributed by atoms with van der Waals surface area (Å²) in [5, 5.41) is 3.51. The molecule has 6 heteroatoms. The van der Waals surface area contributed by atoms with Crippen LogP contribution in [0, 0.1) is 0 Å². The number of nitrogens with zero attached hydrogens (tertiary/aromatic N) is 2. The Morgan fingerprint density at radius 3 is 2.39 bits per heavy atom. The Labute approximate surface area is 171 Å². The van der Waals surface area contributed by atoms with Crippen LogP contribution in [0.3, 0.4) is 0 Å². The van der Waals surface area contributed by atoms with E-state index in [2.05, 4.69) is 10.2 Å². The van der Waals surface area contributed by atoms with E-state index in [1.54, 1.807) is 6.07 Å². The number of piperazine rings is 1. The summed E-state index contributed by atoms with van der Waals surface area (Å²) in [6.45, 7) is 4.97. The lowest BCUT2D eigenvalue weighted by molar-refractivity contribution is -0.131. The smallest absolute Gasteiger partial charge is 0.228 e. The minimum Gasteiger partial charge on any atom is -0.367 e. The van der Waals surface area contributed by atoms with Crippen molar-refractivity contribution in [2.45, 2.75) is 26.2 Å². The second-order valence-corrected chi connectivity index (χ2v) is 7.40. The first-order valence-corrected chi connectivity index (χ1v) is 10.1. The molecule has 0 aliphatic carbocycles. The largest absolute Gasteiger partial charge is 0.367 e. The van der Waals surface area contributed by atoms with Gasteiger partial charge in [0.05, 0.1) is 17.1 Å². The van der Waals surface area contributed by atoms with E-state index in [9.17, 15) is 9.59 Å². The molecule has 1 aliphatic rings. The molecule has 28 heavy (non-hydrogen) atoms. The predicted octanol–water partition coefficient (Wildman–Crippen LogP) is 3.97. The third-order valence-corrected chi connectivity index (χ3v) is 5.18. The maximum absolute atomic E-state index is 12.2. The molecule has 5 nitrogen and oxygen atoms in total. The molecule has 2 amide bonds. The summed E-state index contributed by atoms with van der Waals surface area (Å²) in [6.07, 6.45) is 1.81. The van der Waals surface area contributed by atoms with Crippen LogP contribution in [-0.4, -0.2) is 42.9 Å². The molecule has 1 heterocycles. The van der Waals surface area contributed by atoms with Crippen LogP contribution in [-0.2, 0) is 16.0 Å². The zero-order chi connectivity index (χ0) is 19.9. The Kier molecular flexibility index (Phi) is 6.93. The quantitative estimate of drug-likeness (QED) is 0.799. The van der Waals surface area contributed by atoms with Gasteiger partial charge in [0.15, 0.2) is 0 Å². The number of rotatable bonds is 6. The van der Waals surface area contributed by atoms with Gasteiger partial charge in [-0.15, -0.1) is 0 Å². The molecule has 0 unspecified atom stereocenters. The summed E-state index contributed by atoms with van der Waals surface area (Å²) < 4.78 is 0. The van der Waals surface area contributed by atoms with Crippen LogP contribution in [0.4, 0.5) is 11.4 Å². The fraction of sp³-hybridized carbons (Fsp3) is 0.364. The molecule has 1 N–H and O–H groups in total. The summed E-state index contributed by atoms with van der Waals surface area (Å²) in [6, 6.07) is 15.2. The van der Waals surface area contributed by atoms with E-state index in [-0.39, 0.29) is 11.8 Å². The molecule has 1 aliphatic heterocycles. The third kappa shape index (κ3) is 5.26. The van der Waals surface area contributed by atoms with Gasteiger partial charge in [-0.25, -0.2) is 0 Å². The number of hydrogen-bond acceptors (Lipinski definition) is 3. The van der Waals surface area contributed by atoms with Gasteiger partial charge in [0.2, 0.25) is 11.8 Å². The molecule has 1 fully saturated rings. The van der Waals surface area contributed by atoms with Crippen molar-refractivity contribution in [2.75, 3.05) is 36.4 Å². The highest BCUT2D eigenvalue weighted by Crippen LogP contribution is 2.30. The highest BCUT2D eigenvalue weighted by atomic mass is 35.5. The summed E-state index contributed by atoms with van der Waals surface area (Å²) in [5.74, 6) is 0.155. The minimum absolute atomic E-state index is 0.0712. The molecule has 1 saturated heterocycles. The van der Waals surface area contributed by atoms with Crippen molar-refractivity contribution >= 4 is 34.8 Å². The SMILES string of the molecule is CCCC(=O)N1CCN(c2ccc(NC(=O)Cc3ccccc3)cc2Cl)CC1. The van der Waals surface area contributed by atoms with Gasteiger partial charge in [-0.05, 0) is 30.2 Å². The third-order valence-electron chi connectivity index (χ3n) is 4.88. The molecule has 148 valence electrons. The molecule has 2 aromatic carbocycles. The summed E-state index contributed by atoms with van der Waals surface area (Å²) in [7, 11) is 0. The maximum Gasteiger partial charge on any atom is 0.228 e. The van der Waals surface area contributed by atoms with Crippen LogP contribution in [0.5, 0.6) is 0 Å². The number of amides is 2. The fourth-order valence-corrected chi connectivity index (χ4v) is 3.70. The van der Waals surface area contributed by atoms with Crippen LogP contribution in [0.25, 0.3) is 0 Å². The molecule has 0 saturated carbocycles. The number of anilines is 2. The van der Waals surface area contributed by atoms with Gasteiger partial charge < -0.3 is 15.1 Å². The molecule has 3 rings (SSSR count). The monoisotopic (exact) mass is 399 g/mol. The second kappa shape index (κ2) is 9.60. The van der Waals surface area contributed by atoms with Gasteiger partial charge in [0.1, 0.15) is 0 Å². The van der Waals surface area contributed by atoms with Crippen molar-refractivity contribution < 1.29 is 9.59 Å². The zero-order valence-electron chi connectivity index (χ0n) is 16.2. The summed E-state index contributed by atoms with van der Waals surface area (Å²) >= 11 is 6.48. The van der Waals surface area contributed by atoms with E-state index in [1.807, 2.05) is 54.3 Å². The van der Waals surface area contributed by atoms with E-state index in [4.69, 9.17) is 11.6 Å². The van der Waals surface area contributed by atoms with Crippen molar-refractivity contribution in [2.24, 2.45) is 0 Å². The first-order valence-electron chi connectivity index (χ1n) is 9.73. The van der Waals surface area contributed by atoms with Gasteiger partial charge in [0, 0.05) is 38.3 Å². The lowest BCUT2D eigenvalue weighted by Crippen LogP contribution is -2.48. The molecular weight excluding hydrogens is 374 g/mol. The molecule has 0 radical (unpaired) electrons. The lowest BCUT2D eigenvalue weighted by atomic mass is 10.1. The second-order valence-electron chi connectivity index (χ2n) is 6.99. The van der Waals surface area contributed by atoms with E-state index in [1.165, 1.54) is 0 Å². The number of halogens is 1. The van der Waals surface area contributed by atoms with E-state index >= 15 is 0 Å². The Morgan fingerprint density at radius 1 is 1.04 bits per heavy atom. The van der Waals surface area contributed by atoms with Gasteiger partial charge in [-0.1, -0.05) is 48.9 Å². The highest BCUT2D eigenvalue weighted by molar-refractivity contribution is 6.33. The number of carbonyl (C=O) groups excluding carboxylic acids is 2. The van der Waals surface area contributed by atoms with Crippen LogP contribution >= 0.6 is 11.6 Å². The van der Waals surface area contributed by atoms with Gasteiger partial charge >= 0.3 is 0 Å². The van der Waals surface area contributed by atoms with Crippen molar-refractivity contribution in [3.8, 4) is 0 Å². The average molecular weight is 400 g/mol. The molecule has 0 spiro atoms. The fourth-order valence-electron chi connectivity index (χ4n) is 3.40. The first-order chi connectivity index (χ1) is 13.6. The number of benzene rings is 2. The molecule has 0 aromatic heterocycles. The van der Waals surface area contributed by atoms with E-state index < -0.39 is 0 Å². The lowest BCUT2D eigenvalue weighted by Gasteiger charge is -2.36. The molecule has 0 bridgehead atoms. The predicted molar refractivity (Wildman–Crippen MR) is 114 cm³/mol.